The van der Waals surface area contributed by atoms with E-state index >= 15 is 0 Å². The molecule has 256 valence electrons. The van der Waals surface area contributed by atoms with Gasteiger partial charge in [-0.25, -0.2) is 4.79 Å². The number of aryl methyl sites for hydroxylation is 1. The zero-order valence-corrected chi connectivity index (χ0v) is 28.6. The molecule has 4 amide bonds. The summed E-state index contributed by atoms with van der Waals surface area (Å²) in [5.41, 5.74) is 0.204. The monoisotopic (exact) mass is 646 g/mol. The second kappa shape index (κ2) is 15.6. The molecule has 1 aromatic rings. The molecule has 1 fully saturated rings. The number of benzene rings is 1. The number of hydrogen-bond donors (Lipinski definition) is 1. The van der Waals surface area contributed by atoms with E-state index in [1.165, 1.54) is 23.8 Å². The molecular formula is C33H50N4O9. The number of ether oxygens (including phenoxy) is 4. The summed E-state index contributed by atoms with van der Waals surface area (Å²) >= 11 is 0. The Balaban J connectivity index is 1.88. The van der Waals surface area contributed by atoms with Crippen molar-refractivity contribution in [1.29, 1.82) is 0 Å². The third-order valence-electron chi connectivity index (χ3n) is 8.12. The molecule has 0 unspecified atom stereocenters. The number of nitrogens with zero attached hydrogens (tertiary/aromatic N) is 3. The summed E-state index contributed by atoms with van der Waals surface area (Å²) < 4.78 is 22.1. The highest BCUT2D eigenvalue weighted by molar-refractivity contribution is 6.05. The summed E-state index contributed by atoms with van der Waals surface area (Å²) in [7, 11) is 1.49. The average Bonchev–Trinajstić information content (AvgIpc) is 2.98. The molecule has 1 N–H and O–H groups in total. The molecule has 0 bridgehead atoms. The maximum Gasteiger partial charge on any atom is 0.412 e. The highest BCUT2D eigenvalue weighted by atomic mass is 16.7. The number of methoxy groups -OCH3 is 1. The number of hydrogen-bond acceptors (Lipinski definition) is 9. The van der Waals surface area contributed by atoms with Crippen LogP contribution in [0, 0.1) is 12.8 Å². The van der Waals surface area contributed by atoms with Crippen LogP contribution < -0.4 is 15.0 Å². The number of nitrogens with one attached hydrogen (secondary N) is 1. The maximum absolute atomic E-state index is 14.3. The van der Waals surface area contributed by atoms with Gasteiger partial charge in [-0.1, -0.05) is 20.8 Å². The second-order valence-corrected chi connectivity index (χ2v) is 12.7. The molecule has 2 aliphatic heterocycles. The molecule has 1 saturated heterocycles. The molecule has 0 spiro atoms. The molecule has 0 radical (unpaired) electrons. The van der Waals surface area contributed by atoms with E-state index in [1.807, 2.05) is 20.8 Å². The van der Waals surface area contributed by atoms with Crippen LogP contribution in [0.5, 0.6) is 5.75 Å². The molecule has 3 atom stereocenters. The van der Waals surface area contributed by atoms with Gasteiger partial charge in [0.25, 0.3) is 11.8 Å². The van der Waals surface area contributed by atoms with Crippen LogP contribution in [0.4, 0.5) is 10.5 Å². The largest absolute Gasteiger partial charge is 0.473 e. The SMILES string of the molecule is CCC(=O)NCCN1C(=O)[C@](C)(COC)Oc2cc(C)c(C(=O)N(C(C)C)[C@@H]3CCCN(C(=O)O[C@H](C)OC(=O)C(C)C)C3)cc21. The lowest BCUT2D eigenvalue weighted by atomic mass is 9.97. The minimum Gasteiger partial charge on any atom is -0.473 e. The van der Waals surface area contributed by atoms with Gasteiger partial charge < -0.3 is 39.0 Å². The van der Waals surface area contributed by atoms with Gasteiger partial charge in [0.05, 0.1) is 24.3 Å². The normalized spacial score (nSPS) is 20.2. The van der Waals surface area contributed by atoms with Crippen molar-refractivity contribution >= 4 is 35.5 Å². The summed E-state index contributed by atoms with van der Waals surface area (Å²) in [5, 5.41) is 2.81. The minimum absolute atomic E-state index is 0.0174. The van der Waals surface area contributed by atoms with E-state index in [1.54, 1.807) is 44.7 Å². The van der Waals surface area contributed by atoms with Crippen LogP contribution in [-0.2, 0) is 28.6 Å². The summed E-state index contributed by atoms with van der Waals surface area (Å²) in [6.45, 7) is 15.1. The van der Waals surface area contributed by atoms with Gasteiger partial charge in [0, 0.05) is 58.2 Å². The molecule has 2 aliphatic rings. The second-order valence-electron chi connectivity index (χ2n) is 12.7. The number of carbonyl (C=O) groups excluding carboxylic acids is 5. The Kier molecular flexibility index (Phi) is 12.4. The van der Waals surface area contributed by atoms with Crippen molar-refractivity contribution in [1.82, 2.24) is 15.1 Å². The van der Waals surface area contributed by atoms with Crippen molar-refractivity contribution in [3.63, 3.8) is 0 Å². The first kappa shape index (κ1) is 36.6. The summed E-state index contributed by atoms with van der Waals surface area (Å²) in [6.07, 6.45) is -0.0144. The molecular weight excluding hydrogens is 596 g/mol. The summed E-state index contributed by atoms with van der Waals surface area (Å²) in [5.74, 6) is -1.11. The van der Waals surface area contributed by atoms with Crippen LogP contribution in [0.15, 0.2) is 12.1 Å². The number of carbonyl (C=O) groups is 5. The first-order valence-electron chi connectivity index (χ1n) is 16.0. The van der Waals surface area contributed by atoms with Crippen molar-refractivity contribution < 1.29 is 42.9 Å². The molecule has 46 heavy (non-hydrogen) atoms. The van der Waals surface area contributed by atoms with Gasteiger partial charge in [-0.2, -0.15) is 0 Å². The molecule has 0 aromatic heterocycles. The Morgan fingerprint density at radius 2 is 1.83 bits per heavy atom. The van der Waals surface area contributed by atoms with Gasteiger partial charge in [0.1, 0.15) is 5.75 Å². The Hall–Kier alpha value is -3.87. The molecule has 13 heteroatoms. The Morgan fingerprint density at radius 3 is 2.43 bits per heavy atom. The number of anilines is 1. The number of esters is 1. The topological polar surface area (TPSA) is 144 Å². The van der Waals surface area contributed by atoms with Gasteiger partial charge >= 0.3 is 12.1 Å². The van der Waals surface area contributed by atoms with Crippen molar-refractivity contribution in [3.05, 3.63) is 23.3 Å². The van der Waals surface area contributed by atoms with E-state index in [0.717, 1.165) is 0 Å². The number of likely N-dealkylation sites (tertiary alicyclic amines) is 1. The molecule has 0 aliphatic carbocycles. The highest BCUT2D eigenvalue weighted by Gasteiger charge is 2.45. The Bertz CT molecular complexity index is 1300. The predicted molar refractivity (Wildman–Crippen MR) is 171 cm³/mol. The molecule has 3 rings (SSSR count). The Labute approximate surface area is 271 Å². The predicted octanol–water partition coefficient (Wildman–Crippen LogP) is 3.65. The van der Waals surface area contributed by atoms with Crippen LogP contribution in [-0.4, -0.2) is 103 Å². The maximum atomic E-state index is 14.3. The van der Waals surface area contributed by atoms with Gasteiger partial charge in [-0.15, -0.1) is 0 Å². The molecule has 1 aromatic carbocycles. The summed E-state index contributed by atoms with van der Waals surface area (Å²) in [4.78, 5) is 69.7. The third kappa shape index (κ3) is 8.48. The number of amides is 4. The zero-order chi connectivity index (χ0) is 34.3. The van der Waals surface area contributed by atoms with Gasteiger partial charge in [0.2, 0.25) is 17.8 Å². The van der Waals surface area contributed by atoms with Gasteiger partial charge in [-0.3, -0.25) is 19.2 Å². The van der Waals surface area contributed by atoms with E-state index < -0.39 is 24.0 Å². The van der Waals surface area contributed by atoms with Crippen LogP contribution >= 0.6 is 0 Å². The lowest BCUT2D eigenvalue weighted by Crippen LogP contribution is -2.58. The lowest BCUT2D eigenvalue weighted by molar-refractivity contribution is -0.170. The fourth-order valence-corrected chi connectivity index (χ4v) is 5.74. The first-order valence-corrected chi connectivity index (χ1v) is 16.0. The van der Waals surface area contributed by atoms with E-state index in [4.69, 9.17) is 18.9 Å². The van der Waals surface area contributed by atoms with E-state index in [2.05, 4.69) is 5.32 Å². The van der Waals surface area contributed by atoms with Gasteiger partial charge in [-0.05, 0) is 58.2 Å². The van der Waals surface area contributed by atoms with E-state index in [0.29, 0.717) is 48.4 Å². The molecule has 13 nitrogen and oxygen atoms in total. The molecule has 0 saturated carbocycles. The zero-order valence-electron chi connectivity index (χ0n) is 28.6. The van der Waals surface area contributed by atoms with Crippen molar-refractivity contribution in [2.24, 2.45) is 5.92 Å². The van der Waals surface area contributed by atoms with E-state index in [9.17, 15) is 24.0 Å². The average molecular weight is 647 g/mol. The van der Waals surface area contributed by atoms with Gasteiger partial charge in [0.15, 0.2) is 0 Å². The number of piperidine rings is 1. The van der Waals surface area contributed by atoms with Crippen molar-refractivity contribution in [2.45, 2.75) is 98.6 Å². The first-order chi connectivity index (χ1) is 21.6. The fraction of sp³-hybridized carbons (Fsp3) is 0.667. The van der Waals surface area contributed by atoms with Crippen molar-refractivity contribution in [3.8, 4) is 5.75 Å². The van der Waals surface area contributed by atoms with Crippen LogP contribution in [0.2, 0.25) is 0 Å². The van der Waals surface area contributed by atoms with Crippen molar-refractivity contribution in [2.75, 3.05) is 44.8 Å². The summed E-state index contributed by atoms with van der Waals surface area (Å²) in [6, 6.07) is 2.91. The fourth-order valence-electron chi connectivity index (χ4n) is 5.74. The lowest BCUT2D eigenvalue weighted by Gasteiger charge is -2.42. The van der Waals surface area contributed by atoms with Crippen LogP contribution in [0.3, 0.4) is 0 Å². The number of rotatable bonds is 12. The standard InChI is InChI=1S/C33H50N4O9/c1-10-28(38)34-13-15-36-26-17-25(22(6)16-27(26)46-33(8,19-43-9)31(36)41)29(39)37(21(4)5)24-12-11-14-35(18-24)32(42)45-23(7)44-30(40)20(2)3/h16-17,20-21,23-24H,10-15,18-19H2,1-9H3,(H,34,38)/t23-,24-,33+/m1/s1. The number of fused-ring (bicyclic) bond motifs is 1. The van der Waals surface area contributed by atoms with Crippen LogP contribution in [0.1, 0.15) is 83.7 Å². The highest BCUT2D eigenvalue weighted by Crippen LogP contribution is 2.40. The molecule has 2 heterocycles. The smallest absolute Gasteiger partial charge is 0.412 e. The third-order valence-corrected chi connectivity index (χ3v) is 8.12. The van der Waals surface area contributed by atoms with E-state index in [-0.39, 0.29) is 62.0 Å². The minimum atomic E-state index is -1.29. The quantitative estimate of drug-likeness (QED) is 0.266. The van der Waals surface area contributed by atoms with Crippen LogP contribution in [0.25, 0.3) is 0 Å². The Morgan fingerprint density at radius 1 is 1.13 bits per heavy atom.